The van der Waals surface area contributed by atoms with Crippen molar-refractivity contribution in [1.82, 2.24) is 20.4 Å². The number of piperazine rings is 1. The molecule has 238 valence electrons. The molecule has 0 aromatic heterocycles. The molecule has 2 aromatic carbocycles. The number of rotatable bonds is 10. The Balaban J connectivity index is 0.00000442. The van der Waals surface area contributed by atoms with Crippen molar-refractivity contribution in [3.8, 4) is 0 Å². The summed E-state index contributed by atoms with van der Waals surface area (Å²) in [5.74, 6) is -0.432. The van der Waals surface area contributed by atoms with Gasteiger partial charge in [0.25, 0.3) is 5.91 Å². The number of unbranched alkanes of at least 4 members (excludes halogenated alkanes) is 1. The van der Waals surface area contributed by atoms with Gasteiger partial charge in [-0.1, -0.05) is 62.6 Å². The van der Waals surface area contributed by atoms with E-state index in [4.69, 9.17) is 0 Å². The van der Waals surface area contributed by atoms with Gasteiger partial charge in [-0.05, 0) is 49.8 Å². The van der Waals surface area contributed by atoms with E-state index in [2.05, 4.69) is 22.5 Å². The van der Waals surface area contributed by atoms with E-state index in [9.17, 15) is 24.3 Å². The van der Waals surface area contributed by atoms with Crippen LogP contribution in [0.1, 0.15) is 96.6 Å². The summed E-state index contributed by atoms with van der Waals surface area (Å²) in [7, 11) is 1.57. The summed E-state index contributed by atoms with van der Waals surface area (Å²) in [6.45, 7) is 4.68. The van der Waals surface area contributed by atoms with Crippen LogP contribution in [0, 0.1) is 0 Å². The highest BCUT2D eigenvalue weighted by atomic mass is 35.5. The fourth-order valence-electron chi connectivity index (χ4n) is 6.95. The van der Waals surface area contributed by atoms with Crippen molar-refractivity contribution in [2.45, 2.75) is 88.4 Å². The molecule has 44 heavy (non-hydrogen) atoms. The number of hydrogen-bond donors (Lipinski definition) is 3. The maximum absolute atomic E-state index is 13.7. The molecule has 1 aliphatic carbocycles. The average molecular weight is 625 g/mol. The van der Waals surface area contributed by atoms with Gasteiger partial charge in [0.1, 0.15) is 11.6 Å². The van der Waals surface area contributed by atoms with Gasteiger partial charge in [-0.25, -0.2) is 0 Å². The monoisotopic (exact) mass is 624 g/mol. The van der Waals surface area contributed by atoms with Gasteiger partial charge in [-0.15, -0.1) is 12.4 Å². The van der Waals surface area contributed by atoms with Crippen LogP contribution >= 0.6 is 12.4 Å². The maximum Gasteiger partial charge on any atom is 0.251 e. The molecule has 10 heteroatoms. The van der Waals surface area contributed by atoms with Crippen LogP contribution in [0.25, 0.3) is 0 Å². The Kier molecular flexibility index (Phi) is 10.9. The fourth-order valence-corrected chi connectivity index (χ4v) is 6.95. The Labute approximate surface area is 266 Å². The molecule has 3 fully saturated rings. The maximum atomic E-state index is 13.7. The van der Waals surface area contributed by atoms with Crippen LogP contribution in [0.15, 0.2) is 48.5 Å². The lowest BCUT2D eigenvalue weighted by Gasteiger charge is -2.52. The molecule has 1 atom stereocenters. The molecule has 2 aromatic rings. The van der Waals surface area contributed by atoms with Crippen molar-refractivity contribution >= 4 is 35.9 Å². The number of carbonyl (C=O) groups excluding carboxylic acids is 4. The molecule has 2 aliphatic heterocycles. The summed E-state index contributed by atoms with van der Waals surface area (Å²) in [6.07, 6.45) is 6.47. The van der Waals surface area contributed by atoms with Crippen LogP contribution in [0.3, 0.4) is 0 Å². The van der Waals surface area contributed by atoms with Gasteiger partial charge in [0.15, 0.2) is 5.78 Å². The SMILES string of the molecule is CCCCN1C(=O)[C@@H](CC2(O)CCCC2)NC(=O)C12CCN(Cc1ccc(C(=O)c3ccc(C(=O)NC)cc3)cc1)CC2.Cl. The third-order valence-electron chi connectivity index (χ3n) is 9.60. The predicted octanol–water partition coefficient (Wildman–Crippen LogP) is 3.86. The first kappa shape index (κ1) is 33.6. The molecule has 0 radical (unpaired) electrons. The Morgan fingerprint density at radius 3 is 2.07 bits per heavy atom. The van der Waals surface area contributed by atoms with E-state index >= 15 is 0 Å². The van der Waals surface area contributed by atoms with Gasteiger partial charge < -0.3 is 20.6 Å². The molecule has 0 bridgehead atoms. The minimum absolute atomic E-state index is 0. The number of amides is 3. The number of likely N-dealkylation sites (tertiary alicyclic amines) is 1. The summed E-state index contributed by atoms with van der Waals surface area (Å²) in [5.41, 5.74) is 0.962. The molecular formula is C34H45ClN4O5. The van der Waals surface area contributed by atoms with Crippen molar-refractivity contribution in [3.05, 3.63) is 70.8 Å². The molecule has 2 heterocycles. The largest absolute Gasteiger partial charge is 0.390 e. The summed E-state index contributed by atoms with van der Waals surface area (Å²) in [4.78, 5) is 56.3. The molecule has 3 amide bonds. The van der Waals surface area contributed by atoms with E-state index in [-0.39, 0.29) is 35.9 Å². The van der Waals surface area contributed by atoms with Crippen molar-refractivity contribution in [2.75, 3.05) is 26.7 Å². The van der Waals surface area contributed by atoms with Gasteiger partial charge >= 0.3 is 0 Å². The number of carbonyl (C=O) groups is 4. The molecular weight excluding hydrogens is 580 g/mol. The number of aliphatic hydroxyl groups is 1. The van der Waals surface area contributed by atoms with Crippen molar-refractivity contribution < 1.29 is 24.3 Å². The summed E-state index contributed by atoms with van der Waals surface area (Å²) < 4.78 is 0. The quantitative estimate of drug-likeness (QED) is 0.346. The van der Waals surface area contributed by atoms with E-state index in [1.165, 1.54) is 0 Å². The minimum Gasteiger partial charge on any atom is -0.390 e. The number of ketones is 1. The summed E-state index contributed by atoms with van der Waals surface area (Å²) >= 11 is 0. The van der Waals surface area contributed by atoms with Crippen LogP contribution in [0.2, 0.25) is 0 Å². The van der Waals surface area contributed by atoms with Crippen molar-refractivity contribution in [1.29, 1.82) is 0 Å². The lowest BCUT2D eigenvalue weighted by Crippen LogP contribution is -2.73. The van der Waals surface area contributed by atoms with Crippen LogP contribution in [0.5, 0.6) is 0 Å². The lowest BCUT2D eigenvalue weighted by atomic mass is 9.80. The number of nitrogens with one attached hydrogen (secondary N) is 2. The first-order chi connectivity index (χ1) is 20.7. The fraction of sp³-hybridized carbons (Fsp3) is 0.529. The molecule has 1 saturated carbocycles. The van der Waals surface area contributed by atoms with Gasteiger partial charge in [0, 0.05) is 56.3 Å². The van der Waals surface area contributed by atoms with E-state index < -0.39 is 17.2 Å². The van der Waals surface area contributed by atoms with Gasteiger partial charge in [0.05, 0.1) is 5.60 Å². The number of halogens is 1. The average Bonchev–Trinajstić information content (AvgIpc) is 3.46. The van der Waals surface area contributed by atoms with Crippen molar-refractivity contribution in [3.63, 3.8) is 0 Å². The lowest BCUT2D eigenvalue weighted by molar-refractivity contribution is -0.163. The highest BCUT2D eigenvalue weighted by molar-refractivity contribution is 6.09. The van der Waals surface area contributed by atoms with E-state index in [1.807, 2.05) is 29.2 Å². The predicted molar refractivity (Wildman–Crippen MR) is 171 cm³/mol. The number of nitrogens with zero attached hydrogens (tertiary/aromatic N) is 2. The third-order valence-corrected chi connectivity index (χ3v) is 9.60. The van der Waals surface area contributed by atoms with Crippen LogP contribution in [-0.4, -0.2) is 82.3 Å². The molecule has 0 unspecified atom stereocenters. The summed E-state index contributed by atoms with van der Waals surface area (Å²) in [5, 5.41) is 16.6. The second-order valence-electron chi connectivity index (χ2n) is 12.5. The molecule has 1 spiro atoms. The zero-order chi connectivity index (χ0) is 30.6. The molecule has 3 N–H and O–H groups in total. The van der Waals surface area contributed by atoms with Crippen LogP contribution in [-0.2, 0) is 16.1 Å². The summed E-state index contributed by atoms with van der Waals surface area (Å²) in [6, 6.07) is 13.5. The van der Waals surface area contributed by atoms with E-state index in [0.29, 0.717) is 75.0 Å². The number of hydrogen-bond acceptors (Lipinski definition) is 6. The van der Waals surface area contributed by atoms with Crippen molar-refractivity contribution in [2.24, 2.45) is 0 Å². The second-order valence-corrected chi connectivity index (χ2v) is 12.5. The molecule has 5 rings (SSSR count). The Morgan fingerprint density at radius 1 is 0.932 bits per heavy atom. The molecule has 3 aliphatic rings. The Morgan fingerprint density at radius 2 is 1.50 bits per heavy atom. The second kappa shape index (κ2) is 14.2. The van der Waals surface area contributed by atoms with Gasteiger partial charge in [-0.3, -0.25) is 24.1 Å². The minimum atomic E-state index is -0.866. The van der Waals surface area contributed by atoms with E-state index in [1.54, 1.807) is 31.3 Å². The normalized spacial score (nSPS) is 21.1. The van der Waals surface area contributed by atoms with Crippen LogP contribution in [0.4, 0.5) is 0 Å². The molecule has 2 saturated heterocycles. The Bertz CT molecular complexity index is 1330. The Hall–Kier alpha value is -3.27. The van der Waals surface area contributed by atoms with Gasteiger partial charge in [-0.2, -0.15) is 0 Å². The highest BCUT2D eigenvalue weighted by Crippen LogP contribution is 2.38. The van der Waals surface area contributed by atoms with E-state index in [0.717, 1.165) is 31.2 Å². The highest BCUT2D eigenvalue weighted by Gasteiger charge is 2.54. The first-order valence-electron chi connectivity index (χ1n) is 15.7. The van der Waals surface area contributed by atoms with Crippen LogP contribution < -0.4 is 10.6 Å². The third kappa shape index (κ3) is 7.00. The standard InChI is InChI=1S/C34H44N4O5.ClH/c1-3-4-19-38-31(41)28(22-33(43)15-5-6-16-33)36-32(42)34(38)17-20-37(21-18-34)23-24-7-9-25(10-8-24)29(39)26-11-13-27(14-12-26)30(40)35-2;/h7-14,28,43H,3-6,15-23H2,1-2H3,(H,35,40)(H,36,42);1H/t28-;/m1./s1. The zero-order valence-corrected chi connectivity index (χ0v) is 26.6. The zero-order valence-electron chi connectivity index (χ0n) is 25.8. The van der Waals surface area contributed by atoms with Gasteiger partial charge in [0.2, 0.25) is 11.8 Å². The number of benzene rings is 2. The first-order valence-corrected chi connectivity index (χ1v) is 15.7. The smallest absolute Gasteiger partial charge is 0.251 e. The number of piperidine rings is 1. The molecule has 9 nitrogen and oxygen atoms in total. The topological polar surface area (TPSA) is 119 Å².